The van der Waals surface area contributed by atoms with Crippen molar-refractivity contribution in [1.82, 2.24) is 9.97 Å². The van der Waals surface area contributed by atoms with Crippen LogP contribution in [0.25, 0.3) is 10.9 Å². The van der Waals surface area contributed by atoms with Crippen molar-refractivity contribution in [1.29, 1.82) is 0 Å². The molecule has 3 aromatic rings. The summed E-state index contributed by atoms with van der Waals surface area (Å²) in [6.45, 7) is 3.28. The van der Waals surface area contributed by atoms with Crippen LogP contribution in [0.15, 0.2) is 48.8 Å². The third-order valence-electron chi connectivity index (χ3n) is 3.70. The molecule has 0 fully saturated rings. The largest absolute Gasteiger partial charge is 0.491 e. The zero-order valence-corrected chi connectivity index (χ0v) is 13.9. The Balaban J connectivity index is 1.68. The molecule has 0 spiro atoms. The van der Waals surface area contributed by atoms with E-state index in [1.807, 2.05) is 56.4 Å². The second-order valence-corrected chi connectivity index (χ2v) is 5.83. The van der Waals surface area contributed by atoms with E-state index in [9.17, 15) is 0 Å². The molecule has 0 aliphatic heterocycles. The Bertz CT molecular complexity index is 817. The van der Waals surface area contributed by atoms with Crippen molar-refractivity contribution in [2.24, 2.45) is 0 Å². The number of aryl methyl sites for hydroxylation is 1. The van der Waals surface area contributed by atoms with Crippen molar-refractivity contribution >= 4 is 28.3 Å². The Kier molecular flexibility index (Phi) is 4.63. The predicted molar refractivity (Wildman–Crippen MR) is 94.5 cm³/mol. The van der Waals surface area contributed by atoms with E-state index in [4.69, 9.17) is 16.3 Å². The first-order chi connectivity index (χ1) is 11.1. The second-order valence-electron chi connectivity index (χ2n) is 5.39. The van der Waals surface area contributed by atoms with Crippen LogP contribution in [-0.2, 0) is 0 Å². The molecule has 2 aromatic carbocycles. The molecular weight excluding hydrogens is 310 g/mol. The predicted octanol–water partition coefficient (Wildman–Crippen LogP) is 4.11. The first-order valence-electron chi connectivity index (χ1n) is 7.45. The van der Waals surface area contributed by atoms with Gasteiger partial charge in [-0.05, 0) is 42.8 Å². The van der Waals surface area contributed by atoms with E-state index in [1.54, 1.807) is 6.33 Å². The van der Waals surface area contributed by atoms with Crippen LogP contribution in [0.2, 0.25) is 5.02 Å². The van der Waals surface area contributed by atoms with Gasteiger partial charge in [-0.25, -0.2) is 9.97 Å². The second kappa shape index (κ2) is 6.84. The molecule has 5 heteroatoms. The van der Waals surface area contributed by atoms with E-state index in [0.29, 0.717) is 6.61 Å². The van der Waals surface area contributed by atoms with E-state index in [2.05, 4.69) is 14.9 Å². The summed E-state index contributed by atoms with van der Waals surface area (Å²) in [6.07, 6.45) is 1.60. The molecule has 1 aromatic heterocycles. The third kappa shape index (κ3) is 3.54. The standard InChI is InChI=1S/C18H18ClN3O/c1-13-11-14(19)7-8-17(13)23-10-9-22(2)18-15-5-3-4-6-16(15)20-12-21-18/h3-8,11-12H,9-10H2,1-2H3. The maximum Gasteiger partial charge on any atom is 0.139 e. The van der Waals surface area contributed by atoms with Crippen LogP contribution in [0.5, 0.6) is 5.75 Å². The Labute approximate surface area is 140 Å². The molecule has 0 amide bonds. The highest BCUT2D eigenvalue weighted by Gasteiger charge is 2.08. The number of hydrogen-bond donors (Lipinski definition) is 0. The number of anilines is 1. The smallest absolute Gasteiger partial charge is 0.139 e. The van der Waals surface area contributed by atoms with E-state index in [1.165, 1.54) is 0 Å². The Morgan fingerprint density at radius 3 is 2.78 bits per heavy atom. The minimum atomic E-state index is 0.567. The zero-order chi connectivity index (χ0) is 16.2. The summed E-state index contributed by atoms with van der Waals surface area (Å²) in [4.78, 5) is 10.8. The topological polar surface area (TPSA) is 38.2 Å². The highest BCUT2D eigenvalue weighted by molar-refractivity contribution is 6.30. The van der Waals surface area contributed by atoms with Crippen molar-refractivity contribution < 1.29 is 4.74 Å². The fourth-order valence-electron chi connectivity index (χ4n) is 2.47. The first-order valence-corrected chi connectivity index (χ1v) is 7.83. The minimum absolute atomic E-state index is 0.567. The molecule has 1 heterocycles. The molecule has 23 heavy (non-hydrogen) atoms. The number of likely N-dealkylation sites (N-methyl/N-ethyl adjacent to an activating group) is 1. The minimum Gasteiger partial charge on any atom is -0.491 e. The highest BCUT2D eigenvalue weighted by atomic mass is 35.5. The van der Waals surface area contributed by atoms with Gasteiger partial charge in [-0.2, -0.15) is 0 Å². The van der Waals surface area contributed by atoms with Crippen LogP contribution in [0.3, 0.4) is 0 Å². The fourth-order valence-corrected chi connectivity index (χ4v) is 2.69. The lowest BCUT2D eigenvalue weighted by Crippen LogP contribution is -2.25. The van der Waals surface area contributed by atoms with Gasteiger partial charge in [-0.1, -0.05) is 23.7 Å². The number of benzene rings is 2. The molecule has 3 rings (SSSR count). The Morgan fingerprint density at radius 2 is 1.96 bits per heavy atom. The Hall–Kier alpha value is -2.33. The van der Waals surface area contributed by atoms with Gasteiger partial charge in [0.05, 0.1) is 12.1 Å². The van der Waals surface area contributed by atoms with Crippen LogP contribution in [0.4, 0.5) is 5.82 Å². The summed E-state index contributed by atoms with van der Waals surface area (Å²) in [7, 11) is 2.01. The molecule has 0 radical (unpaired) electrons. The number of fused-ring (bicyclic) bond motifs is 1. The van der Waals surface area contributed by atoms with E-state index in [0.717, 1.165) is 39.6 Å². The van der Waals surface area contributed by atoms with Gasteiger partial charge in [-0.15, -0.1) is 0 Å². The van der Waals surface area contributed by atoms with Gasteiger partial charge < -0.3 is 9.64 Å². The molecule has 0 aliphatic rings. The lowest BCUT2D eigenvalue weighted by atomic mass is 10.2. The van der Waals surface area contributed by atoms with Crippen LogP contribution < -0.4 is 9.64 Å². The van der Waals surface area contributed by atoms with Gasteiger partial charge in [0.2, 0.25) is 0 Å². The molecule has 0 unspecified atom stereocenters. The number of hydrogen-bond acceptors (Lipinski definition) is 4. The number of para-hydroxylation sites is 1. The van der Waals surface area contributed by atoms with Crippen LogP contribution in [0.1, 0.15) is 5.56 Å². The molecule has 0 saturated carbocycles. The average molecular weight is 328 g/mol. The van der Waals surface area contributed by atoms with Gasteiger partial charge in [0.15, 0.2) is 0 Å². The molecule has 0 bridgehead atoms. The molecule has 0 aliphatic carbocycles. The number of aromatic nitrogens is 2. The van der Waals surface area contributed by atoms with Gasteiger partial charge in [-0.3, -0.25) is 0 Å². The third-order valence-corrected chi connectivity index (χ3v) is 3.94. The van der Waals surface area contributed by atoms with Crippen LogP contribution in [0, 0.1) is 6.92 Å². The highest BCUT2D eigenvalue weighted by Crippen LogP contribution is 2.23. The summed E-state index contributed by atoms with van der Waals surface area (Å²) in [5, 5.41) is 1.76. The Morgan fingerprint density at radius 1 is 1.13 bits per heavy atom. The summed E-state index contributed by atoms with van der Waals surface area (Å²) >= 11 is 5.96. The zero-order valence-electron chi connectivity index (χ0n) is 13.2. The van der Waals surface area contributed by atoms with Crippen molar-refractivity contribution in [3.05, 3.63) is 59.4 Å². The van der Waals surface area contributed by atoms with Gasteiger partial charge in [0.25, 0.3) is 0 Å². The number of ether oxygens (including phenoxy) is 1. The molecule has 4 nitrogen and oxygen atoms in total. The summed E-state index contributed by atoms with van der Waals surface area (Å²) in [5.41, 5.74) is 1.98. The first kappa shape index (κ1) is 15.6. The summed E-state index contributed by atoms with van der Waals surface area (Å²) < 4.78 is 5.85. The van der Waals surface area contributed by atoms with Gasteiger partial charge in [0, 0.05) is 17.5 Å². The van der Waals surface area contributed by atoms with E-state index in [-0.39, 0.29) is 0 Å². The van der Waals surface area contributed by atoms with E-state index < -0.39 is 0 Å². The number of nitrogens with zero attached hydrogens (tertiary/aromatic N) is 3. The normalized spacial score (nSPS) is 10.7. The van der Waals surface area contributed by atoms with E-state index >= 15 is 0 Å². The molecule has 0 atom stereocenters. The van der Waals surface area contributed by atoms with Gasteiger partial charge in [0.1, 0.15) is 24.5 Å². The van der Waals surface area contributed by atoms with Crippen molar-refractivity contribution in [2.45, 2.75) is 6.92 Å². The fraction of sp³-hybridized carbons (Fsp3) is 0.222. The maximum absolute atomic E-state index is 5.96. The van der Waals surface area contributed by atoms with Crippen molar-refractivity contribution in [3.63, 3.8) is 0 Å². The number of halogens is 1. The summed E-state index contributed by atoms with van der Waals surface area (Å²) in [5.74, 6) is 1.77. The number of rotatable bonds is 5. The quantitative estimate of drug-likeness (QED) is 0.707. The lowest BCUT2D eigenvalue weighted by molar-refractivity contribution is 0.323. The summed E-state index contributed by atoms with van der Waals surface area (Å²) in [6, 6.07) is 13.6. The van der Waals surface area contributed by atoms with Crippen LogP contribution in [-0.4, -0.2) is 30.2 Å². The monoisotopic (exact) mass is 327 g/mol. The SMILES string of the molecule is Cc1cc(Cl)ccc1OCCN(C)c1ncnc2ccccc12. The maximum atomic E-state index is 5.96. The lowest BCUT2D eigenvalue weighted by Gasteiger charge is -2.20. The molecule has 0 N–H and O–H groups in total. The molecule has 118 valence electrons. The van der Waals surface area contributed by atoms with Crippen molar-refractivity contribution in [2.75, 3.05) is 25.1 Å². The average Bonchev–Trinajstić information content (AvgIpc) is 2.56. The molecule has 0 saturated heterocycles. The van der Waals surface area contributed by atoms with Crippen molar-refractivity contribution in [3.8, 4) is 5.75 Å². The van der Waals surface area contributed by atoms with Crippen LogP contribution >= 0.6 is 11.6 Å². The molecular formula is C18H18ClN3O. The van der Waals surface area contributed by atoms with Gasteiger partial charge >= 0.3 is 0 Å².